The molecule has 1 saturated carbocycles. The number of nitrogens with zero attached hydrogens (tertiary/aromatic N) is 5. The number of hydrogen-bond donors (Lipinski definition) is 2. The Hall–Kier alpha value is -3.56. The van der Waals surface area contributed by atoms with E-state index in [1.807, 2.05) is 24.3 Å². The van der Waals surface area contributed by atoms with Gasteiger partial charge < -0.3 is 20.1 Å². The number of ether oxygens (including phenoxy) is 1. The number of fused-ring (bicyclic) bond motifs is 6. The number of likely N-dealkylation sites (tertiary alicyclic amines) is 1. The van der Waals surface area contributed by atoms with Crippen molar-refractivity contribution >= 4 is 27.5 Å². The van der Waals surface area contributed by atoms with E-state index in [4.69, 9.17) is 14.7 Å². The third-order valence-corrected chi connectivity index (χ3v) is 10.0. The van der Waals surface area contributed by atoms with Crippen LogP contribution in [0.25, 0.3) is 32.9 Å². The Kier molecular flexibility index (Phi) is 6.41. The monoisotopic (exact) mass is 568 g/mol. The van der Waals surface area contributed by atoms with Crippen molar-refractivity contribution < 1.29 is 14.2 Å². The molecule has 4 fully saturated rings. The summed E-state index contributed by atoms with van der Waals surface area (Å²) in [6, 6.07) is 12.9. The third-order valence-electron chi connectivity index (χ3n) is 10.0. The zero-order valence-corrected chi connectivity index (χ0v) is 24.0. The summed E-state index contributed by atoms with van der Waals surface area (Å²) < 4.78 is 23.0. The summed E-state index contributed by atoms with van der Waals surface area (Å²) in [4.78, 5) is 19.1. The first-order valence-electron chi connectivity index (χ1n) is 15.5. The van der Waals surface area contributed by atoms with Gasteiger partial charge in [-0.05, 0) is 73.9 Å². The number of pyridine rings is 1. The molecule has 4 aliphatic rings. The average Bonchev–Trinajstić information content (AvgIpc) is 3.70. The summed E-state index contributed by atoms with van der Waals surface area (Å²) >= 11 is 0. The lowest BCUT2D eigenvalue weighted by Gasteiger charge is -2.35. The molecule has 4 aromatic rings. The highest BCUT2D eigenvalue weighted by Crippen LogP contribution is 2.43. The van der Waals surface area contributed by atoms with Crippen molar-refractivity contribution in [2.75, 3.05) is 31.1 Å². The second-order valence-electron chi connectivity index (χ2n) is 12.6. The predicted molar refractivity (Wildman–Crippen MR) is 161 cm³/mol. The number of anilines is 1. The second-order valence-corrected chi connectivity index (χ2v) is 12.6. The van der Waals surface area contributed by atoms with Crippen molar-refractivity contribution in [3.63, 3.8) is 0 Å². The number of piperazine rings is 1. The number of aromatic nitrogens is 3. The van der Waals surface area contributed by atoms with E-state index in [1.165, 1.54) is 19.3 Å². The Bertz CT molecular complexity index is 1650. The molecule has 1 aliphatic carbocycles. The highest BCUT2D eigenvalue weighted by molar-refractivity contribution is 5.99. The molecule has 0 radical (unpaired) electrons. The van der Waals surface area contributed by atoms with Crippen molar-refractivity contribution in [1.82, 2.24) is 25.2 Å². The summed E-state index contributed by atoms with van der Waals surface area (Å²) in [7, 11) is 0. The normalized spacial score (nSPS) is 27.0. The Morgan fingerprint density at radius 1 is 1.05 bits per heavy atom. The molecule has 0 amide bonds. The Labute approximate surface area is 244 Å². The van der Waals surface area contributed by atoms with Crippen molar-refractivity contribution in [3.8, 4) is 23.0 Å². The van der Waals surface area contributed by atoms with Crippen LogP contribution in [0.2, 0.25) is 0 Å². The van der Waals surface area contributed by atoms with Gasteiger partial charge in [0.2, 0.25) is 0 Å². The SMILES string of the molecule is CCCN1C2CCC(C2)C1COc1nc(N2CC3CCC(C2)N3)c2cnc(-c3cc(O)cc4ccccc34)c(F)c2n1. The van der Waals surface area contributed by atoms with Gasteiger partial charge in [0.1, 0.15) is 29.4 Å². The van der Waals surface area contributed by atoms with E-state index in [1.54, 1.807) is 18.3 Å². The first kappa shape index (κ1) is 26.1. The van der Waals surface area contributed by atoms with Crippen LogP contribution in [0.4, 0.5) is 10.2 Å². The lowest BCUT2D eigenvalue weighted by atomic mass is 9.99. The van der Waals surface area contributed by atoms with Gasteiger partial charge >= 0.3 is 6.01 Å². The fraction of sp³-hybridized carbons (Fsp3) is 0.485. The quantitative estimate of drug-likeness (QED) is 0.312. The van der Waals surface area contributed by atoms with Crippen LogP contribution in [0, 0.1) is 11.7 Å². The standard InChI is InChI=1S/C33H37FN6O2/c1-2-11-40-23-10-7-20(12-23)28(40)18-42-33-37-31-27(32(38-33)39-16-21-8-9-22(17-39)36-21)15-35-30(29(31)34)26-14-24(41)13-19-5-3-4-6-25(19)26/h3-6,13-15,20-23,28,36,41H,2,7-12,16-18H2,1H3. The number of phenols is 1. The lowest BCUT2D eigenvalue weighted by molar-refractivity contribution is 0.0898. The summed E-state index contributed by atoms with van der Waals surface area (Å²) in [5.41, 5.74) is 0.898. The van der Waals surface area contributed by atoms with Gasteiger partial charge in [-0.2, -0.15) is 9.97 Å². The van der Waals surface area contributed by atoms with Gasteiger partial charge in [0.15, 0.2) is 5.82 Å². The van der Waals surface area contributed by atoms with Gasteiger partial charge in [-0.3, -0.25) is 9.88 Å². The molecule has 5 atom stereocenters. The molecule has 5 heterocycles. The molecule has 218 valence electrons. The molecule has 2 aromatic heterocycles. The van der Waals surface area contributed by atoms with Crippen molar-refractivity contribution in [1.29, 1.82) is 0 Å². The molecule has 2 N–H and O–H groups in total. The van der Waals surface area contributed by atoms with Crippen molar-refractivity contribution in [2.45, 2.75) is 69.6 Å². The van der Waals surface area contributed by atoms with E-state index in [9.17, 15) is 5.11 Å². The molecule has 4 bridgehead atoms. The second kappa shape index (κ2) is 10.3. The minimum Gasteiger partial charge on any atom is -0.508 e. The number of hydrogen-bond acceptors (Lipinski definition) is 8. The number of rotatable bonds is 7. The zero-order valence-electron chi connectivity index (χ0n) is 24.0. The largest absolute Gasteiger partial charge is 0.508 e. The van der Waals surface area contributed by atoms with Crippen molar-refractivity contribution in [2.24, 2.45) is 5.92 Å². The van der Waals surface area contributed by atoms with Gasteiger partial charge in [0.05, 0.1) is 5.39 Å². The number of aromatic hydroxyl groups is 1. The van der Waals surface area contributed by atoms with Crippen LogP contribution >= 0.6 is 0 Å². The molecule has 0 spiro atoms. The van der Waals surface area contributed by atoms with Crippen molar-refractivity contribution in [3.05, 3.63) is 48.4 Å². The molecule has 8 nitrogen and oxygen atoms in total. The Morgan fingerprint density at radius 3 is 2.71 bits per heavy atom. The predicted octanol–water partition coefficient (Wildman–Crippen LogP) is 5.27. The molecule has 2 aromatic carbocycles. The summed E-state index contributed by atoms with van der Waals surface area (Å²) in [5, 5.41) is 16.4. The van der Waals surface area contributed by atoms with Crippen LogP contribution in [0.5, 0.6) is 11.8 Å². The van der Waals surface area contributed by atoms with E-state index in [-0.39, 0.29) is 23.0 Å². The number of nitrogens with one attached hydrogen (secondary N) is 1. The maximum Gasteiger partial charge on any atom is 0.319 e. The summed E-state index contributed by atoms with van der Waals surface area (Å²) in [5.74, 6) is 0.862. The molecular weight excluding hydrogens is 531 g/mol. The van der Waals surface area contributed by atoms with Gasteiger partial charge in [-0.15, -0.1) is 0 Å². The minimum atomic E-state index is -0.526. The lowest BCUT2D eigenvalue weighted by Crippen LogP contribution is -2.51. The molecule has 9 heteroatoms. The number of piperidine rings is 1. The van der Waals surface area contributed by atoms with E-state index < -0.39 is 5.82 Å². The van der Waals surface area contributed by atoms with Crippen LogP contribution in [0.1, 0.15) is 45.4 Å². The first-order valence-corrected chi connectivity index (χ1v) is 15.5. The molecule has 8 rings (SSSR count). The van der Waals surface area contributed by atoms with Gasteiger partial charge in [0.25, 0.3) is 0 Å². The van der Waals surface area contributed by atoms with E-state index in [0.717, 1.165) is 49.7 Å². The number of phenolic OH excluding ortho intramolecular Hbond substituents is 1. The fourth-order valence-corrected chi connectivity index (χ4v) is 8.16. The van der Waals surface area contributed by atoms with Crippen LogP contribution in [-0.4, -0.2) is 75.4 Å². The van der Waals surface area contributed by atoms with E-state index >= 15 is 4.39 Å². The average molecular weight is 569 g/mol. The Balaban J connectivity index is 1.22. The molecular formula is C33H37FN6O2. The van der Waals surface area contributed by atoms with Gasteiger partial charge in [0, 0.05) is 49.0 Å². The van der Waals surface area contributed by atoms with Gasteiger partial charge in [-0.1, -0.05) is 31.2 Å². The first-order chi connectivity index (χ1) is 20.6. The highest BCUT2D eigenvalue weighted by atomic mass is 19.1. The minimum absolute atomic E-state index is 0.0659. The van der Waals surface area contributed by atoms with Crippen LogP contribution in [-0.2, 0) is 0 Å². The van der Waals surface area contributed by atoms with Crippen LogP contribution in [0.15, 0.2) is 42.6 Å². The van der Waals surface area contributed by atoms with E-state index in [0.29, 0.717) is 53.5 Å². The molecule has 42 heavy (non-hydrogen) atoms. The van der Waals surface area contributed by atoms with Crippen LogP contribution in [0.3, 0.4) is 0 Å². The zero-order chi connectivity index (χ0) is 28.4. The molecule has 3 saturated heterocycles. The summed E-state index contributed by atoms with van der Waals surface area (Å²) in [6.45, 7) is 5.42. The molecule has 5 unspecified atom stereocenters. The third kappa shape index (κ3) is 4.36. The Morgan fingerprint density at radius 2 is 1.88 bits per heavy atom. The van der Waals surface area contributed by atoms with Gasteiger partial charge in [-0.25, -0.2) is 4.39 Å². The fourth-order valence-electron chi connectivity index (χ4n) is 8.16. The number of halogens is 1. The van der Waals surface area contributed by atoms with Crippen LogP contribution < -0.4 is 15.0 Å². The topological polar surface area (TPSA) is 86.6 Å². The number of benzene rings is 2. The highest BCUT2D eigenvalue weighted by Gasteiger charge is 2.45. The van der Waals surface area contributed by atoms with E-state index in [2.05, 4.69) is 27.0 Å². The maximum absolute atomic E-state index is 16.6. The molecule has 3 aliphatic heterocycles. The maximum atomic E-state index is 16.6. The smallest absolute Gasteiger partial charge is 0.319 e. The summed E-state index contributed by atoms with van der Waals surface area (Å²) in [6.07, 6.45) is 8.82.